The Bertz CT molecular complexity index is 630. The maximum Gasteiger partial charge on any atom is 0.248 e. The van der Waals surface area contributed by atoms with Crippen LogP contribution in [0.3, 0.4) is 0 Å². The molecular weight excluding hydrogens is 264 g/mol. The number of hydrogen-bond donors (Lipinski definition) is 0. The van der Waals surface area contributed by atoms with Gasteiger partial charge in [0.25, 0.3) is 0 Å². The lowest BCUT2D eigenvalue weighted by Crippen LogP contribution is -2.41. The molecular formula is C14H13ClN2O2. The van der Waals surface area contributed by atoms with Crippen LogP contribution in [0.15, 0.2) is 30.3 Å². The normalized spacial score (nSPS) is 16.1. The third-order valence-electron chi connectivity index (χ3n) is 3.20. The number of amides is 1. The smallest absolute Gasteiger partial charge is 0.248 e. The first-order valence-electron chi connectivity index (χ1n) is 6.14. The van der Waals surface area contributed by atoms with Crippen LogP contribution in [-0.4, -0.2) is 35.5 Å². The first-order valence-corrected chi connectivity index (χ1v) is 6.51. The Kier molecular flexibility index (Phi) is 3.36. The molecule has 1 aromatic heterocycles. The summed E-state index contributed by atoms with van der Waals surface area (Å²) in [7, 11) is 0. The van der Waals surface area contributed by atoms with Gasteiger partial charge in [-0.15, -0.1) is 0 Å². The highest BCUT2D eigenvalue weighted by molar-refractivity contribution is 6.30. The molecule has 0 spiro atoms. The molecule has 0 unspecified atom stereocenters. The molecule has 0 atom stereocenters. The SMILES string of the molecule is O=C1COCCN1Cc1cc2ccccc2nc1Cl. The Morgan fingerprint density at radius 1 is 1.37 bits per heavy atom. The molecule has 1 fully saturated rings. The standard InChI is InChI=1S/C14H13ClN2O2/c15-14-11(8-17-5-6-19-9-13(17)18)7-10-3-1-2-4-12(10)16-14/h1-4,7H,5-6,8-9H2. The first-order chi connectivity index (χ1) is 9.24. The van der Waals surface area contributed by atoms with E-state index < -0.39 is 0 Å². The van der Waals surface area contributed by atoms with Crippen molar-refractivity contribution in [1.82, 2.24) is 9.88 Å². The summed E-state index contributed by atoms with van der Waals surface area (Å²) in [4.78, 5) is 17.8. The van der Waals surface area contributed by atoms with Gasteiger partial charge < -0.3 is 9.64 Å². The molecule has 1 saturated heterocycles. The zero-order chi connectivity index (χ0) is 13.2. The lowest BCUT2D eigenvalue weighted by atomic mass is 10.1. The molecule has 98 valence electrons. The van der Waals surface area contributed by atoms with Crippen LogP contribution in [0.5, 0.6) is 0 Å². The van der Waals surface area contributed by atoms with E-state index in [2.05, 4.69) is 4.98 Å². The largest absolute Gasteiger partial charge is 0.370 e. The third kappa shape index (κ3) is 2.55. The lowest BCUT2D eigenvalue weighted by Gasteiger charge is -2.27. The molecule has 1 aliphatic heterocycles. The number of fused-ring (bicyclic) bond motifs is 1. The summed E-state index contributed by atoms with van der Waals surface area (Å²) in [6.45, 7) is 1.81. The second kappa shape index (κ2) is 5.15. The first kappa shape index (κ1) is 12.4. The average Bonchev–Trinajstić information content (AvgIpc) is 2.42. The number of halogens is 1. The van der Waals surface area contributed by atoms with Crippen LogP contribution in [0.25, 0.3) is 10.9 Å². The van der Waals surface area contributed by atoms with Crippen LogP contribution in [0.1, 0.15) is 5.56 Å². The van der Waals surface area contributed by atoms with E-state index in [4.69, 9.17) is 16.3 Å². The Balaban J connectivity index is 1.91. The summed E-state index contributed by atoms with van der Waals surface area (Å²) in [5.74, 6) is -0.00419. The topological polar surface area (TPSA) is 42.4 Å². The highest BCUT2D eigenvalue weighted by atomic mass is 35.5. The monoisotopic (exact) mass is 276 g/mol. The molecule has 0 N–H and O–H groups in total. The number of hydrogen-bond acceptors (Lipinski definition) is 3. The van der Waals surface area contributed by atoms with E-state index in [1.54, 1.807) is 4.90 Å². The predicted molar refractivity (Wildman–Crippen MR) is 73.0 cm³/mol. The van der Waals surface area contributed by atoms with Gasteiger partial charge in [-0.1, -0.05) is 29.8 Å². The minimum atomic E-state index is -0.00419. The number of ether oxygens (including phenoxy) is 1. The summed E-state index contributed by atoms with van der Waals surface area (Å²) >= 11 is 6.19. The number of aromatic nitrogens is 1. The third-order valence-corrected chi connectivity index (χ3v) is 3.52. The molecule has 4 nitrogen and oxygen atoms in total. The van der Waals surface area contributed by atoms with Crippen molar-refractivity contribution in [2.75, 3.05) is 19.8 Å². The van der Waals surface area contributed by atoms with Crippen molar-refractivity contribution >= 4 is 28.4 Å². The van der Waals surface area contributed by atoms with E-state index in [9.17, 15) is 4.79 Å². The Morgan fingerprint density at radius 2 is 2.21 bits per heavy atom. The molecule has 0 bridgehead atoms. The number of para-hydroxylation sites is 1. The summed E-state index contributed by atoms with van der Waals surface area (Å²) in [5, 5.41) is 1.49. The number of carbonyl (C=O) groups is 1. The van der Waals surface area contributed by atoms with Crippen LogP contribution in [0, 0.1) is 0 Å². The van der Waals surface area contributed by atoms with Crippen LogP contribution >= 0.6 is 11.6 Å². The second-order valence-corrected chi connectivity index (χ2v) is 4.86. The number of carbonyl (C=O) groups excluding carboxylic acids is 1. The summed E-state index contributed by atoms with van der Waals surface area (Å²) < 4.78 is 5.11. The Morgan fingerprint density at radius 3 is 3.05 bits per heavy atom. The van der Waals surface area contributed by atoms with Gasteiger partial charge in [0.2, 0.25) is 5.91 Å². The fourth-order valence-electron chi connectivity index (χ4n) is 2.17. The lowest BCUT2D eigenvalue weighted by molar-refractivity contribution is -0.143. The summed E-state index contributed by atoms with van der Waals surface area (Å²) in [6, 6.07) is 9.79. The quantitative estimate of drug-likeness (QED) is 0.790. The molecule has 5 heteroatoms. The van der Waals surface area contributed by atoms with Crippen molar-refractivity contribution in [3.63, 3.8) is 0 Å². The molecule has 1 aliphatic rings. The molecule has 2 aromatic rings. The fourth-order valence-corrected chi connectivity index (χ4v) is 2.38. The molecule has 0 saturated carbocycles. The molecule has 19 heavy (non-hydrogen) atoms. The van der Waals surface area contributed by atoms with Gasteiger partial charge in [-0.25, -0.2) is 4.98 Å². The van der Waals surface area contributed by atoms with Crippen molar-refractivity contribution in [3.05, 3.63) is 41.0 Å². The number of pyridine rings is 1. The summed E-state index contributed by atoms with van der Waals surface area (Å²) in [5.41, 5.74) is 1.74. The van der Waals surface area contributed by atoms with Gasteiger partial charge in [0.15, 0.2) is 0 Å². The average molecular weight is 277 g/mol. The van der Waals surface area contributed by atoms with Crippen LogP contribution in [0.4, 0.5) is 0 Å². The number of benzene rings is 1. The van der Waals surface area contributed by atoms with E-state index in [1.807, 2.05) is 30.3 Å². The van der Waals surface area contributed by atoms with Gasteiger partial charge in [0.05, 0.1) is 12.1 Å². The maximum absolute atomic E-state index is 11.7. The van der Waals surface area contributed by atoms with Crippen LogP contribution in [0.2, 0.25) is 5.15 Å². The maximum atomic E-state index is 11.7. The van der Waals surface area contributed by atoms with Crippen molar-refractivity contribution in [2.45, 2.75) is 6.54 Å². The molecule has 1 amide bonds. The van der Waals surface area contributed by atoms with E-state index in [0.29, 0.717) is 24.8 Å². The minimum Gasteiger partial charge on any atom is -0.370 e. The number of nitrogens with zero attached hydrogens (tertiary/aromatic N) is 2. The molecule has 2 heterocycles. The zero-order valence-electron chi connectivity index (χ0n) is 10.3. The zero-order valence-corrected chi connectivity index (χ0v) is 11.1. The second-order valence-electron chi connectivity index (χ2n) is 4.50. The van der Waals surface area contributed by atoms with Crippen LogP contribution < -0.4 is 0 Å². The van der Waals surface area contributed by atoms with Gasteiger partial charge in [0, 0.05) is 24.0 Å². The van der Waals surface area contributed by atoms with Gasteiger partial charge >= 0.3 is 0 Å². The molecule has 3 rings (SSSR count). The van der Waals surface area contributed by atoms with Gasteiger partial charge in [0.1, 0.15) is 11.8 Å². The summed E-state index contributed by atoms with van der Waals surface area (Å²) in [6.07, 6.45) is 0. The van der Waals surface area contributed by atoms with Gasteiger partial charge in [-0.05, 0) is 12.1 Å². The van der Waals surface area contributed by atoms with Crippen molar-refractivity contribution < 1.29 is 9.53 Å². The highest BCUT2D eigenvalue weighted by Crippen LogP contribution is 2.22. The Hall–Kier alpha value is -1.65. The van der Waals surface area contributed by atoms with E-state index >= 15 is 0 Å². The highest BCUT2D eigenvalue weighted by Gasteiger charge is 2.20. The van der Waals surface area contributed by atoms with Crippen LogP contribution in [-0.2, 0) is 16.1 Å². The Labute approximate surface area is 115 Å². The van der Waals surface area contributed by atoms with Crippen molar-refractivity contribution in [3.8, 4) is 0 Å². The van der Waals surface area contributed by atoms with Crippen molar-refractivity contribution in [1.29, 1.82) is 0 Å². The molecule has 0 aliphatic carbocycles. The fraction of sp³-hybridized carbons (Fsp3) is 0.286. The minimum absolute atomic E-state index is 0.00419. The van der Waals surface area contributed by atoms with Crippen molar-refractivity contribution in [2.24, 2.45) is 0 Å². The van der Waals surface area contributed by atoms with E-state index in [1.165, 1.54) is 0 Å². The van der Waals surface area contributed by atoms with Gasteiger partial charge in [-0.2, -0.15) is 0 Å². The van der Waals surface area contributed by atoms with Gasteiger partial charge in [-0.3, -0.25) is 4.79 Å². The molecule has 1 aromatic carbocycles. The molecule has 0 radical (unpaired) electrons. The van der Waals surface area contributed by atoms with E-state index in [0.717, 1.165) is 16.5 Å². The number of rotatable bonds is 2. The predicted octanol–water partition coefficient (Wildman–Crippen LogP) is 2.25. The van der Waals surface area contributed by atoms with E-state index in [-0.39, 0.29) is 12.5 Å². The number of morpholine rings is 1.